The molecule has 0 aliphatic carbocycles. The molecule has 0 aliphatic rings. The van der Waals surface area contributed by atoms with Gasteiger partial charge in [-0.2, -0.15) is 5.26 Å². The van der Waals surface area contributed by atoms with E-state index in [9.17, 15) is 4.21 Å². The Morgan fingerprint density at radius 1 is 1.41 bits per heavy atom. The maximum absolute atomic E-state index is 10.9. The molecule has 4 heteroatoms. The van der Waals surface area contributed by atoms with Crippen LogP contribution in [0, 0.1) is 11.3 Å². The van der Waals surface area contributed by atoms with Crippen molar-refractivity contribution in [3.8, 4) is 6.07 Å². The van der Waals surface area contributed by atoms with Crippen LogP contribution in [0.3, 0.4) is 0 Å². The second kappa shape index (κ2) is 7.99. The minimum absolute atomic E-state index is 0.0755. The molecule has 1 aromatic rings. The SMILES string of the molecule is CS(=O)CCCNC(CC#N)c1ccccc1. The molecule has 3 nitrogen and oxygen atoms in total. The van der Waals surface area contributed by atoms with Gasteiger partial charge >= 0.3 is 0 Å². The van der Waals surface area contributed by atoms with E-state index in [1.165, 1.54) is 0 Å². The van der Waals surface area contributed by atoms with E-state index < -0.39 is 10.8 Å². The number of nitriles is 1. The molecular weight excluding hydrogens is 232 g/mol. The molecule has 0 aliphatic heterocycles. The molecule has 0 amide bonds. The fourth-order valence-corrected chi connectivity index (χ4v) is 2.19. The highest BCUT2D eigenvalue weighted by molar-refractivity contribution is 7.84. The zero-order valence-corrected chi connectivity index (χ0v) is 10.9. The van der Waals surface area contributed by atoms with E-state index in [-0.39, 0.29) is 6.04 Å². The number of nitrogens with one attached hydrogen (secondary N) is 1. The standard InChI is InChI=1S/C13H18N2OS/c1-17(16)11-5-10-15-13(8-9-14)12-6-3-2-4-7-12/h2-4,6-7,13,15H,5,8,10-11H2,1H3. The number of hydrogen-bond donors (Lipinski definition) is 1. The summed E-state index contributed by atoms with van der Waals surface area (Å²) in [7, 11) is -0.734. The third-order valence-corrected chi connectivity index (χ3v) is 3.36. The normalized spacial score (nSPS) is 13.9. The smallest absolute Gasteiger partial charge is 0.0641 e. The molecule has 0 saturated heterocycles. The molecule has 1 N–H and O–H groups in total. The van der Waals surface area contributed by atoms with Gasteiger partial charge < -0.3 is 5.32 Å². The lowest BCUT2D eigenvalue weighted by molar-refractivity contribution is 0.541. The summed E-state index contributed by atoms with van der Waals surface area (Å²) in [5.41, 5.74) is 1.13. The van der Waals surface area contributed by atoms with Crippen molar-refractivity contribution in [2.45, 2.75) is 18.9 Å². The summed E-state index contributed by atoms with van der Waals surface area (Å²) in [6, 6.07) is 12.2. The quantitative estimate of drug-likeness (QED) is 0.753. The van der Waals surface area contributed by atoms with E-state index in [1.807, 2.05) is 30.3 Å². The lowest BCUT2D eigenvalue weighted by Gasteiger charge is -2.15. The van der Waals surface area contributed by atoms with E-state index in [2.05, 4.69) is 11.4 Å². The Morgan fingerprint density at radius 2 is 2.12 bits per heavy atom. The highest BCUT2D eigenvalue weighted by Crippen LogP contribution is 2.15. The summed E-state index contributed by atoms with van der Waals surface area (Å²) in [4.78, 5) is 0. The monoisotopic (exact) mass is 250 g/mol. The molecule has 0 spiro atoms. The maximum atomic E-state index is 10.9. The summed E-state index contributed by atoms with van der Waals surface area (Å²) in [5.74, 6) is 0.709. The van der Waals surface area contributed by atoms with Crippen LogP contribution in [0.5, 0.6) is 0 Å². The summed E-state index contributed by atoms with van der Waals surface area (Å²) < 4.78 is 10.9. The van der Waals surface area contributed by atoms with Crippen molar-refractivity contribution in [1.29, 1.82) is 5.26 Å². The Balaban J connectivity index is 2.45. The molecule has 0 saturated carbocycles. The fourth-order valence-electron chi connectivity index (χ4n) is 1.64. The topological polar surface area (TPSA) is 52.9 Å². The molecule has 1 rings (SSSR count). The lowest BCUT2D eigenvalue weighted by atomic mass is 10.0. The molecular formula is C13H18N2OS. The van der Waals surface area contributed by atoms with Crippen LogP contribution in [0.1, 0.15) is 24.4 Å². The third kappa shape index (κ3) is 5.62. The van der Waals surface area contributed by atoms with Crippen molar-refractivity contribution in [1.82, 2.24) is 5.32 Å². The summed E-state index contributed by atoms with van der Waals surface area (Å²) in [6.07, 6.45) is 3.04. The van der Waals surface area contributed by atoms with E-state index in [1.54, 1.807) is 6.26 Å². The summed E-state index contributed by atoms with van der Waals surface area (Å²) >= 11 is 0. The van der Waals surface area contributed by atoms with Gasteiger partial charge in [0, 0.05) is 28.9 Å². The predicted molar refractivity (Wildman–Crippen MR) is 71.0 cm³/mol. The molecule has 0 heterocycles. The highest BCUT2D eigenvalue weighted by atomic mass is 32.2. The van der Waals surface area contributed by atoms with Gasteiger partial charge in [0.1, 0.15) is 0 Å². The zero-order chi connectivity index (χ0) is 12.5. The van der Waals surface area contributed by atoms with Crippen LogP contribution in [-0.4, -0.2) is 22.8 Å². The number of rotatable bonds is 7. The molecule has 2 atom stereocenters. The van der Waals surface area contributed by atoms with Gasteiger partial charge in [-0.25, -0.2) is 0 Å². The predicted octanol–water partition coefficient (Wildman–Crippen LogP) is 2.00. The maximum Gasteiger partial charge on any atom is 0.0641 e. The van der Waals surface area contributed by atoms with Crippen LogP contribution < -0.4 is 5.32 Å². The van der Waals surface area contributed by atoms with Crippen molar-refractivity contribution in [2.75, 3.05) is 18.6 Å². The molecule has 0 radical (unpaired) electrons. The first-order chi connectivity index (χ1) is 8.24. The Kier molecular flexibility index (Phi) is 6.53. The van der Waals surface area contributed by atoms with Crippen LogP contribution in [-0.2, 0) is 10.8 Å². The Hall–Kier alpha value is -1.18. The van der Waals surface area contributed by atoms with Gasteiger partial charge in [0.25, 0.3) is 0 Å². The lowest BCUT2D eigenvalue weighted by Crippen LogP contribution is -2.23. The second-order valence-corrected chi connectivity index (χ2v) is 5.47. The van der Waals surface area contributed by atoms with Crippen molar-refractivity contribution in [3.63, 3.8) is 0 Å². The van der Waals surface area contributed by atoms with Gasteiger partial charge in [-0.1, -0.05) is 30.3 Å². The first kappa shape index (κ1) is 13.9. The summed E-state index contributed by atoms with van der Waals surface area (Å²) in [6.45, 7) is 0.792. The van der Waals surface area contributed by atoms with Crippen molar-refractivity contribution < 1.29 is 4.21 Å². The first-order valence-corrected chi connectivity index (χ1v) is 7.42. The van der Waals surface area contributed by atoms with E-state index in [4.69, 9.17) is 5.26 Å². The molecule has 17 heavy (non-hydrogen) atoms. The average Bonchev–Trinajstić information content (AvgIpc) is 2.34. The van der Waals surface area contributed by atoms with Gasteiger partial charge in [0.05, 0.1) is 12.5 Å². The average molecular weight is 250 g/mol. The van der Waals surface area contributed by atoms with Crippen LogP contribution >= 0.6 is 0 Å². The van der Waals surface area contributed by atoms with Crippen LogP contribution in [0.2, 0.25) is 0 Å². The third-order valence-electron chi connectivity index (χ3n) is 2.50. The van der Waals surface area contributed by atoms with Crippen LogP contribution in [0.25, 0.3) is 0 Å². The van der Waals surface area contributed by atoms with Gasteiger partial charge in [-0.15, -0.1) is 0 Å². The largest absolute Gasteiger partial charge is 0.309 e. The first-order valence-electron chi connectivity index (χ1n) is 5.69. The minimum Gasteiger partial charge on any atom is -0.309 e. The molecule has 0 bridgehead atoms. The second-order valence-electron chi connectivity index (χ2n) is 3.91. The molecule has 2 unspecified atom stereocenters. The Labute approximate surface area is 105 Å². The molecule has 1 aromatic carbocycles. The van der Waals surface area contributed by atoms with Gasteiger partial charge in [-0.3, -0.25) is 4.21 Å². The number of hydrogen-bond acceptors (Lipinski definition) is 3. The highest BCUT2D eigenvalue weighted by Gasteiger charge is 2.09. The minimum atomic E-state index is -0.734. The van der Waals surface area contributed by atoms with E-state index in [0.717, 1.165) is 18.5 Å². The van der Waals surface area contributed by atoms with Crippen molar-refractivity contribution >= 4 is 10.8 Å². The zero-order valence-electron chi connectivity index (χ0n) is 10.1. The van der Waals surface area contributed by atoms with Crippen LogP contribution in [0.15, 0.2) is 30.3 Å². The molecule has 0 fully saturated rings. The van der Waals surface area contributed by atoms with Crippen molar-refractivity contribution in [2.24, 2.45) is 0 Å². The Morgan fingerprint density at radius 3 is 2.71 bits per heavy atom. The summed E-state index contributed by atoms with van der Waals surface area (Å²) in [5, 5.41) is 12.1. The molecule has 0 aromatic heterocycles. The Bertz CT molecular complexity index is 386. The molecule has 92 valence electrons. The van der Waals surface area contributed by atoms with Gasteiger partial charge in [-0.05, 0) is 18.5 Å². The number of benzene rings is 1. The van der Waals surface area contributed by atoms with Crippen LogP contribution in [0.4, 0.5) is 0 Å². The van der Waals surface area contributed by atoms with Gasteiger partial charge in [0.2, 0.25) is 0 Å². The van der Waals surface area contributed by atoms with E-state index in [0.29, 0.717) is 12.2 Å². The van der Waals surface area contributed by atoms with Crippen molar-refractivity contribution in [3.05, 3.63) is 35.9 Å². The van der Waals surface area contributed by atoms with E-state index >= 15 is 0 Å². The number of nitrogens with zero attached hydrogens (tertiary/aromatic N) is 1. The van der Waals surface area contributed by atoms with Gasteiger partial charge in [0.15, 0.2) is 0 Å². The fraction of sp³-hybridized carbons (Fsp3) is 0.462.